The van der Waals surface area contributed by atoms with Crippen molar-refractivity contribution in [1.29, 1.82) is 0 Å². The van der Waals surface area contributed by atoms with Crippen LogP contribution in [0.3, 0.4) is 0 Å². The predicted octanol–water partition coefficient (Wildman–Crippen LogP) is 30.0. The van der Waals surface area contributed by atoms with Crippen molar-refractivity contribution in [2.75, 3.05) is 0 Å². The first-order chi connectivity index (χ1) is 61.3. The van der Waals surface area contributed by atoms with E-state index >= 15 is 0 Å². The van der Waals surface area contributed by atoms with Crippen molar-refractivity contribution < 1.29 is 49.8 Å². The van der Waals surface area contributed by atoms with Crippen LogP contribution in [-0.2, 0) is 49.8 Å². The fourth-order valence-corrected chi connectivity index (χ4v) is 20.3. The van der Waals surface area contributed by atoms with Crippen LogP contribution in [0.25, 0.3) is 190 Å². The van der Waals surface area contributed by atoms with E-state index in [9.17, 15) is 9.59 Å². The van der Waals surface area contributed by atoms with E-state index in [-0.39, 0.29) is 58.2 Å². The Morgan fingerprint density at radius 1 is 0.354 bits per heavy atom. The smallest absolute Gasteiger partial charge is 0.155 e. The Morgan fingerprint density at radius 2 is 0.756 bits per heavy atom. The molecule has 0 spiro atoms. The number of thiophene rings is 2. The Bertz CT molecular complexity index is 7690. The first-order valence-corrected chi connectivity index (χ1v) is 44.1. The second kappa shape index (κ2) is 36.1. The van der Waals surface area contributed by atoms with Gasteiger partial charge in [-0.15, -0.1) is 94.0 Å². The zero-order chi connectivity index (χ0) is 84.9. The van der Waals surface area contributed by atoms with E-state index in [2.05, 4.69) is 383 Å². The molecule has 15 aromatic carbocycles. The summed E-state index contributed by atoms with van der Waals surface area (Å²) in [6.45, 7) is 13.9. The maximum atomic E-state index is 10.0. The van der Waals surface area contributed by atoms with Gasteiger partial charge in [-0.3, -0.25) is 24.1 Å². The Labute approximate surface area is 771 Å². The first-order valence-electron chi connectivity index (χ1n) is 42.5. The summed E-state index contributed by atoms with van der Waals surface area (Å²) >= 11 is 3.69. The molecule has 622 valence electrons. The topological polar surface area (TPSA) is 97.5 Å². The Kier molecular flexibility index (Phi) is 24.0. The summed E-state index contributed by atoms with van der Waals surface area (Å²) in [4.78, 5) is 34.3. The number of Topliss-reactive ketones (excluding diaryl/α,β-unsaturated/α-hetero) is 2. The molecule has 0 fully saturated rings. The number of nitrogens with zero attached hydrogens (tertiary/aromatic N) is 8. The number of carbonyl (C=O) groups is 2. The minimum atomic E-state index is -0.0625. The van der Waals surface area contributed by atoms with Crippen LogP contribution in [0, 0.1) is 19.1 Å². The summed E-state index contributed by atoms with van der Waals surface area (Å²) in [5.74, 6) is 2.72. The van der Waals surface area contributed by atoms with Crippen molar-refractivity contribution >= 4 is 173 Å². The van der Waals surface area contributed by atoms with Gasteiger partial charge < -0.3 is 18.3 Å². The molecule has 14 heteroatoms. The fraction of sp³-hybridized carbons (Fsp3) is 0.0885. The van der Waals surface area contributed by atoms with E-state index in [1.165, 1.54) is 186 Å². The largest absolute Gasteiger partial charge is 0.340 e. The molecule has 0 amide bonds. The normalized spacial score (nSPS) is 11.4. The molecule has 0 aliphatic carbocycles. The van der Waals surface area contributed by atoms with Gasteiger partial charge in [0.15, 0.2) is 5.82 Å². The van der Waals surface area contributed by atoms with Crippen LogP contribution >= 0.6 is 22.7 Å². The van der Waals surface area contributed by atoms with Gasteiger partial charge in [0.1, 0.15) is 11.6 Å². The molecular formula is C113H86Ir2N8O2S2-2. The molecule has 9 heterocycles. The van der Waals surface area contributed by atoms with Gasteiger partial charge in [0.2, 0.25) is 0 Å². The van der Waals surface area contributed by atoms with Gasteiger partial charge in [-0.2, -0.15) is 0 Å². The third kappa shape index (κ3) is 15.9. The van der Waals surface area contributed by atoms with Crippen LogP contribution in [0.1, 0.15) is 76.5 Å². The van der Waals surface area contributed by atoms with Gasteiger partial charge in [-0.1, -0.05) is 229 Å². The van der Waals surface area contributed by atoms with Gasteiger partial charge in [-0.05, 0) is 163 Å². The average molecular weight is 2040 g/mol. The van der Waals surface area contributed by atoms with Crippen molar-refractivity contribution in [2.45, 2.75) is 66.7 Å². The second-order valence-corrected chi connectivity index (χ2v) is 34.6. The number of imidazole rings is 1. The number of benzene rings is 15. The molecule has 0 aliphatic rings. The van der Waals surface area contributed by atoms with E-state index < -0.39 is 0 Å². The average Bonchev–Trinajstić information content (AvgIpc) is 1.57. The van der Waals surface area contributed by atoms with Crippen LogP contribution in [0.5, 0.6) is 0 Å². The molecule has 0 saturated carbocycles. The molecule has 0 unspecified atom stereocenters. The standard InChI is InChI=1S/C36H22N2S.C35H21N3S.C21H23N2.C16H12N.C5H8O2.2Ir/c1-5-13-31-25(9-1)26-10-2-6-14-32(26)37(31)23-17-19-35-29(21-23)30-22-24(18-20-36(30)39-35)38-33-15-7-3-11-27(33)28-12-4-8-16-34(28)38;1-5-13-29-23(9-1)24-10-2-6-14-30(24)37(29)22-17-18-33-28(21-22)27-19-20-36-35(34(27)39-33)38-31-15-7-3-11-25(31)26-12-4-8-16-32(26)38;1-15(2)18-11-8-12-19(16(3)4)20(18)23-14-13-22-21(23)17-9-6-5-7-10-17;1-12-5-4-7-14(11-12)16-10-9-13-6-2-3-8-15(13)17-16;1-4(6)3-5(2)7;;/h1-22H;1-21H;5-9,11-16H,1-4H3;2-6,8-11H,1H3;3H2,1-2H3;;/q;;2*-1;;;. The Balaban J connectivity index is 0.000000116. The maximum Gasteiger partial charge on any atom is 0.155 e. The summed E-state index contributed by atoms with van der Waals surface area (Å²) in [5, 5.41) is 16.5. The minimum Gasteiger partial charge on any atom is -0.340 e. The molecule has 127 heavy (non-hydrogen) atoms. The number of carbonyl (C=O) groups excluding carboxylic acids is 2. The number of hydrogen-bond donors (Lipinski definition) is 0. The number of ketones is 2. The van der Waals surface area contributed by atoms with Gasteiger partial charge >= 0.3 is 0 Å². The van der Waals surface area contributed by atoms with Gasteiger partial charge in [0.25, 0.3) is 0 Å². The molecule has 2 radical (unpaired) electrons. The number of rotatable bonds is 11. The number of para-hydroxylation sites is 10. The Hall–Kier alpha value is -13.7. The number of fused-ring (bicyclic) bond motifs is 19. The summed E-state index contributed by atoms with van der Waals surface area (Å²) in [6.07, 6.45) is 5.97. The van der Waals surface area contributed by atoms with Crippen LogP contribution in [-0.4, -0.2) is 49.4 Å². The molecule has 10 nitrogen and oxygen atoms in total. The number of hydrogen-bond acceptors (Lipinski definition) is 7. The molecule has 9 aromatic heterocycles. The maximum absolute atomic E-state index is 10.0. The molecule has 24 rings (SSSR count). The first kappa shape index (κ1) is 84.2. The van der Waals surface area contributed by atoms with E-state index in [1.807, 2.05) is 89.7 Å². The van der Waals surface area contributed by atoms with Crippen molar-refractivity contribution in [2.24, 2.45) is 0 Å². The summed E-state index contributed by atoms with van der Waals surface area (Å²) in [7, 11) is 0. The molecule has 0 saturated heterocycles. The van der Waals surface area contributed by atoms with Crippen LogP contribution in [0.2, 0.25) is 0 Å². The van der Waals surface area contributed by atoms with Crippen molar-refractivity contribution in [3.8, 4) is 51.2 Å². The third-order valence-electron chi connectivity index (χ3n) is 23.6. The number of pyridine rings is 2. The van der Waals surface area contributed by atoms with E-state index in [0.29, 0.717) is 11.8 Å². The molecule has 24 aromatic rings. The Morgan fingerprint density at radius 3 is 1.17 bits per heavy atom. The minimum absolute atomic E-state index is 0. The fourth-order valence-electron chi connectivity index (χ4n) is 18.1. The molecule has 0 aliphatic heterocycles. The predicted molar refractivity (Wildman–Crippen MR) is 527 cm³/mol. The SMILES string of the molecule is CC(=O)CC(C)=O.CC(C)c1cccc(C(C)C)c1-n1ccnc1-c1[c-]cccc1.Cc1cc[c-]c(-c2ccc3ccccc3n2)c1.[Ir].[Ir].c1ccc2c(c1)c1ccccc1n2-c1ccc2sc3c(-n4c5ccccc5c5ccccc54)nccc3c2c1.c1ccc2c(c1)c1ccccc1n2-c1ccc2sc3ccc(-n4c5ccccc5c5ccccc54)cc3c2c1. The van der Waals surface area contributed by atoms with E-state index in [4.69, 9.17) is 4.98 Å². The van der Waals surface area contributed by atoms with Crippen molar-refractivity contribution in [1.82, 2.24) is 37.8 Å². The number of aromatic nitrogens is 8. The second-order valence-electron chi connectivity index (χ2n) is 32.5. The third-order valence-corrected chi connectivity index (χ3v) is 25.9. The van der Waals surface area contributed by atoms with Crippen LogP contribution in [0.15, 0.2) is 370 Å². The van der Waals surface area contributed by atoms with E-state index in [0.717, 1.165) is 34.0 Å². The molecule has 0 bridgehead atoms. The zero-order valence-corrected chi connectivity index (χ0v) is 77.4. The summed E-state index contributed by atoms with van der Waals surface area (Å²) in [6, 6.07) is 132. The summed E-state index contributed by atoms with van der Waals surface area (Å²) in [5.41, 5.74) is 22.6. The van der Waals surface area contributed by atoms with E-state index in [1.54, 1.807) is 0 Å². The monoisotopic (exact) mass is 2040 g/mol. The van der Waals surface area contributed by atoms with Gasteiger partial charge in [0, 0.05) is 160 Å². The van der Waals surface area contributed by atoms with Crippen LogP contribution < -0.4 is 0 Å². The van der Waals surface area contributed by atoms with Gasteiger partial charge in [0.05, 0.1) is 66.6 Å². The molecule has 0 N–H and O–H groups in total. The van der Waals surface area contributed by atoms with Crippen molar-refractivity contribution in [3.05, 3.63) is 399 Å². The molecule has 0 atom stereocenters. The number of aryl methyl sites for hydroxylation is 1. The quantitative estimate of drug-likeness (QED) is 0.0949. The van der Waals surface area contributed by atoms with Gasteiger partial charge in [-0.25, -0.2) is 4.98 Å². The molecular weight excluding hydrogens is 1950 g/mol. The summed E-state index contributed by atoms with van der Waals surface area (Å²) < 4.78 is 16.9. The zero-order valence-electron chi connectivity index (χ0n) is 71.0. The van der Waals surface area contributed by atoms with Crippen LogP contribution in [0.4, 0.5) is 0 Å². The van der Waals surface area contributed by atoms with Crippen molar-refractivity contribution in [3.63, 3.8) is 0 Å².